The lowest BCUT2D eigenvalue weighted by Crippen LogP contribution is -2.40. The smallest absolute Gasteiger partial charge is 0.288 e. The Hall–Kier alpha value is -3.03. The fraction of sp³-hybridized carbons (Fsp3) is 0.348. The van der Waals surface area contributed by atoms with Crippen molar-refractivity contribution in [2.24, 2.45) is 0 Å². The van der Waals surface area contributed by atoms with E-state index < -0.39 is 0 Å². The quantitative estimate of drug-likeness (QED) is 0.599. The van der Waals surface area contributed by atoms with Crippen LogP contribution in [0.15, 0.2) is 59.4 Å². The second-order valence-electron chi connectivity index (χ2n) is 7.26. The summed E-state index contributed by atoms with van der Waals surface area (Å²) in [5.74, 6) is 1.31. The first kappa shape index (κ1) is 20.3. The molecule has 1 saturated heterocycles. The number of benzene rings is 2. The van der Waals surface area contributed by atoms with Crippen LogP contribution in [-0.2, 0) is 17.7 Å². The molecule has 156 valence electrons. The lowest BCUT2D eigenvalue weighted by Gasteiger charge is -2.26. The lowest BCUT2D eigenvalue weighted by atomic mass is 10.1. The standard InChI is InChI=1S/C23H26N4O3/c1-29-20-9-7-19(8-10-20)22-24-21(17-18-5-3-2-4-6-18)23(28)27(25-22)12-11-26-13-15-30-16-14-26/h2-10H,11-17H2,1H3. The van der Waals surface area contributed by atoms with Gasteiger partial charge in [0, 0.05) is 31.6 Å². The zero-order valence-electron chi connectivity index (χ0n) is 17.2. The van der Waals surface area contributed by atoms with E-state index in [-0.39, 0.29) is 5.56 Å². The van der Waals surface area contributed by atoms with Gasteiger partial charge >= 0.3 is 0 Å². The average Bonchev–Trinajstić information content (AvgIpc) is 2.81. The minimum atomic E-state index is -0.135. The molecule has 1 fully saturated rings. The van der Waals surface area contributed by atoms with Crippen LogP contribution in [0.2, 0.25) is 0 Å². The first-order valence-corrected chi connectivity index (χ1v) is 10.2. The highest BCUT2D eigenvalue weighted by atomic mass is 16.5. The maximum Gasteiger partial charge on any atom is 0.288 e. The molecule has 4 rings (SSSR count). The largest absolute Gasteiger partial charge is 0.497 e. The van der Waals surface area contributed by atoms with Crippen LogP contribution in [-0.4, -0.2) is 59.6 Å². The first-order valence-electron chi connectivity index (χ1n) is 10.2. The number of hydrogen-bond donors (Lipinski definition) is 0. The highest BCUT2D eigenvalue weighted by molar-refractivity contribution is 5.55. The van der Waals surface area contributed by atoms with Crippen molar-refractivity contribution in [2.75, 3.05) is 40.0 Å². The van der Waals surface area contributed by atoms with Gasteiger partial charge in [0.25, 0.3) is 5.56 Å². The Morgan fingerprint density at radius 2 is 1.73 bits per heavy atom. The maximum absolute atomic E-state index is 13.1. The van der Waals surface area contributed by atoms with Gasteiger partial charge in [-0.25, -0.2) is 9.67 Å². The molecule has 1 aliphatic heterocycles. The Balaban J connectivity index is 1.65. The Bertz CT molecular complexity index is 1010. The molecule has 0 unspecified atom stereocenters. The topological polar surface area (TPSA) is 69.5 Å². The molecule has 7 heteroatoms. The van der Waals surface area contributed by atoms with Crippen LogP contribution >= 0.6 is 0 Å². The Labute approximate surface area is 175 Å². The van der Waals surface area contributed by atoms with Crippen molar-refractivity contribution in [1.82, 2.24) is 19.7 Å². The van der Waals surface area contributed by atoms with E-state index in [0.717, 1.165) is 49.7 Å². The van der Waals surface area contributed by atoms with E-state index in [1.807, 2.05) is 54.6 Å². The molecule has 0 saturated carbocycles. The summed E-state index contributed by atoms with van der Waals surface area (Å²) in [5.41, 5.74) is 2.27. The average molecular weight is 406 g/mol. The second kappa shape index (κ2) is 9.65. The third-order valence-electron chi connectivity index (χ3n) is 5.23. The molecule has 3 aromatic rings. The summed E-state index contributed by atoms with van der Waals surface area (Å²) in [4.78, 5) is 20.0. The molecule has 0 radical (unpaired) electrons. The number of hydrogen-bond acceptors (Lipinski definition) is 6. The molecule has 0 spiro atoms. The van der Waals surface area contributed by atoms with Crippen LogP contribution in [0.3, 0.4) is 0 Å². The highest BCUT2D eigenvalue weighted by Gasteiger charge is 2.15. The zero-order chi connectivity index (χ0) is 20.8. The molecule has 30 heavy (non-hydrogen) atoms. The molecule has 7 nitrogen and oxygen atoms in total. The monoisotopic (exact) mass is 406 g/mol. The van der Waals surface area contributed by atoms with Crippen molar-refractivity contribution in [3.8, 4) is 17.1 Å². The third-order valence-corrected chi connectivity index (χ3v) is 5.23. The molecule has 1 aromatic heterocycles. The molecule has 0 atom stereocenters. The van der Waals surface area contributed by atoms with Crippen LogP contribution in [0.1, 0.15) is 11.3 Å². The van der Waals surface area contributed by atoms with Crippen molar-refractivity contribution in [1.29, 1.82) is 0 Å². The Morgan fingerprint density at radius 1 is 1.00 bits per heavy atom. The molecular weight excluding hydrogens is 380 g/mol. The Kier molecular flexibility index (Phi) is 6.51. The SMILES string of the molecule is COc1ccc(-c2nc(Cc3ccccc3)c(=O)n(CCN3CCOCC3)n2)cc1. The Morgan fingerprint density at radius 3 is 2.43 bits per heavy atom. The van der Waals surface area contributed by atoms with Gasteiger partial charge in [0.05, 0.1) is 26.9 Å². The summed E-state index contributed by atoms with van der Waals surface area (Å²) in [7, 11) is 1.63. The summed E-state index contributed by atoms with van der Waals surface area (Å²) in [6.07, 6.45) is 0.475. The van der Waals surface area contributed by atoms with E-state index in [1.54, 1.807) is 11.8 Å². The summed E-state index contributed by atoms with van der Waals surface area (Å²) < 4.78 is 12.2. The van der Waals surface area contributed by atoms with Crippen LogP contribution in [0.4, 0.5) is 0 Å². The van der Waals surface area contributed by atoms with E-state index in [2.05, 4.69) is 15.0 Å². The van der Waals surface area contributed by atoms with Gasteiger partial charge in [-0.2, -0.15) is 0 Å². The molecular formula is C23H26N4O3. The van der Waals surface area contributed by atoms with Gasteiger partial charge in [-0.05, 0) is 29.8 Å². The number of methoxy groups -OCH3 is 1. The van der Waals surface area contributed by atoms with Gasteiger partial charge in [-0.15, -0.1) is 5.10 Å². The molecule has 0 N–H and O–H groups in total. The van der Waals surface area contributed by atoms with Gasteiger partial charge in [-0.3, -0.25) is 9.69 Å². The predicted octanol–water partition coefficient (Wildman–Crippen LogP) is 2.24. The van der Waals surface area contributed by atoms with E-state index in [9.17, 15) is 4.79 Å². The van der Waals surface area contributed by atoms with Gasteiger partial charge in [0.2, 0.25) is 0 Å². The summed E-state index contributed by atoms with van der Waals surface area (Å²) in [6, 6.07) is 17.5. The number of rotatable bonds is 7. The fourth-order valence-electron chi connectivity index (χ4n) is 3.49. The zero-order valence-corrected chi connectivity index (χ0v) is 17.2. The van der Waals surface area contributed by atoms with E-state index in [1.165, 1.54) is 0 Å². The summed E-state index contributed by atoms with van der Waals surface area (Å²) >= 11 is 0. The molecule has 1 aliphatic rings. The third kappa shape index (κ3) is 4.93. The van der Waals surface area contributed by atoms with Crippen molar-refractivity contribution in [2.45, 2.75) is 13.0 Å². The first-order chi connectivity index (χ1) is 14.7. The summed E-state index contributed by atoms with van der Waals surface area (Å²) in [5, 5.41) is 4.58. The van der Waals surface area contributed by atoms with Gasteiger partial charge in [0.15, 0.2) is 5.82 Å². The van der Waals surface area contributed by atoms with Gasteiger partial charge in [0.1, 0.15) is 11.4 Å². The normalized spacial score (nSPS) is 14.6. The lowest BCUT2D eigenvalue weighted by molar-refractivity contribution is 0.0357. The number of morpholine rings is 1. The van der Waals surface area contributed by atoms with Crippen molar-refractivity contribution in [3.05, 3.63) is 76.2 Å². The van der Waals surface area contributed by atoms with E-state index in [0.29, 0.717) is 24.5 Å². The van der Waals surface area contributed by atoms with Gasteiger partial charge in [-0.1, -0.05) is 30.3 Å². The minimum absolute atomic E-state index is 0.135. The van der Waals surface area contributed by atoms with Crippen molar-refractivity contribution < 1.29 is 9.47 Å². The van der Waals surface area contributed by atoms with Crippen LogP contribution in [0.25, 0.3) is 11.4 Å². The predicted molar refractivity (Wildman–Crippen MR) is 115 cm³/mol. The van der Waals surface area contributed by atoms with Crippen LogP contribution in [0.5, 0.6) is 5.75 Å². The number of aromatic nitrogens is 3. The van der Waals surface area contributed by atoms with Crippen molar-refractivity contribution >= 4 is 0 Å². The van der Waals surface area contributed by atoms with Crippen LogP contribution in [0, 0.1) is 0 Å². The molecule has 0 bridgehead atoms. The molecule has 0 aliphatic carbocycles. The number of nitrogens with zero attached hydrogens (tertiary/aromatic N) is 4. The summed E-state index contributed by atoms with van der Waals surface area (Å²) in [6.45, 7) is 4.49. The minimum Gasteiger partial charge on any atom is -0.497 e. The van der Waals surface area contributed by atoms with Gasteiger partial charge < -0.3 is 9.47 Å². The van der Waals surface area contributed by atoms with Crippen LogP contribution < -0.4 is 10.3 Å². The van der Waals surface area contributed by atoms with E-state index in [4.69, 9.17) is 9.47 Å². The second-order valence-corrected chi connectivity index (χ2v) is 7.26. The fourth-order valence-corrected chi connectivity index (χ4v) is 3.49. The van der Waals surface area contributed by atoms with Crippen molar-refractivity contribution in [3.63, 3.8) is 0 Å². The number of ether oxygens (including phenoxy) is 2. The maximum atomic E-state index is 13.1. The molecule has 0 amide bonds. The molecule has 2 aromatic carbocycles. The highest BCUT2D eigenvalue weighted by Crippen LogP contribution is 2.19. The molecule has 2 heterocycles. The van der Waals surface area contributed by atoms with E-state index >= 15 is 0 Å².